The molecule has 0 aliphatic carbocycles. The summed E-state index contributed by atoms with van der Waals surface area (Å²) in [4.78, 5) is 21.6. The van der Waals surface area contributed by atoms with Crippen molar-refractivity contribution in [2.75, 3.05) is 0 Å². The molecule has 0 unspecified atom stereocenters. The summed E-state index contributed by atoms with van der Waals surface area (Å²) in [5, 5.41) is 6.27. The summed E-state index contributed by atoms with van der Waals surface area (Å²) in [6.07, 6.45) is 1.45. The van der Waals surface area contributed by atoms with Crippen LogP contribution in [-0.2, 0) is 6.54 Å². The fourth-order valence-electron chi connectivity index (χ4n) is 1.10. The molecule has 0 spiro atoms. The van der Waals surface area contributed by atoms with Crippen molar-refractivity contribution in [3.05, 3.63) is 17.5 Å². The molecular formula is C6H6N4O2. The lowest BCUT2D eigenvalue weighted by atomic mass is 10.3. The molecule has 3 N–H and O–H groups in total. The largest absolute Gasteiger partial charge is 0.350 e. The highest BCUT2D eigenvalue weighted by atomic mass is 16.2. The summed E-state index contributed by atoms with van der Waals surface area (Å²) in [7, 11) is 0. The van der Waals surface area contributed by atoms with E-state index in [0.29, 0.717) is 12.1 Å². The van der Waals surface area contributed by atoms with Gasteiger partial charge in [-0.3, -0.25) is 4.79 Å². The van der Waals surface area contributed by atoms with Gasteiger partial charge >= 0.3 is 6.03 Å². The molecule has 0 saturated heterocycles. The smallest absolute Gasteiger partial charge is 0.339 e. The van der Waals surface area contributed by atoms with Crippen LogP contribution in [-0.4, -0.2) is 21.7 Å². The molecule has 0 atom stereocenters. The van der Waals surface area contributed by atoms with Gasteiger partial charge in [0.05, 0.1) is 0 Å². The Kier molecular flexibility index (Phi) is 1.18. The third-order valence-electron chi connectivity index (χ3n) is 1.67. The average molecular weight is 166 g/mol. The molecular weight excluding hydrogens is 160 g/mol. The van der Waals surface area contributed by atoms with E-state index in [0.717, 1.165) is 4.68 Å². The van der Waals surface area contributed by atoms with Gasteiger partial charge in [-0.1, -0.05) is 0 Å². The standard InChI is InChI=1S/C6H6N4O2/c7-6(12)10-2-3-1-8-5(11)4(3)9-10/h2H,1H2,(H2,7,12)(H,8,11). The van der Waals surface area contributed by atoms with Crippen LogP contribution in [0.3, 0.4) is 0 Å². The van der Waals surface area contributed by atoms with Crippen LogP contribution in [0.1, 0.15) is 16.1 Å². The van der Waals surface area contributed by atoms with Crippen LogP contribution < -0.4 is 11.1 Å². The monoisotopic (exact) mass is 166 g/mol. The van der Waals surface area contributed by atoms with Crippen molar-refractivity contribution >= 4 is 11.9 Å². The van der Waals surface area contributed by atoms with E-state index in [9.17, 15) is 9.59 Å². The van der Waals surface area contributed by atoms with Gasteiger partial charge < -0.3 is 11.1 Å². The van der Waals surface area contributed by atoms with E-state index in [2.05, 4.69) is 10.4 Å². The fraction of sp³-hybridized carbons (Fsp3) is 0.167. The number of amides is 2. The highest BCUT2D eigenvalue weighted by Crippen LogP contribution is 2.11. The number of carbonyl (C=O) groups is 2. The van der Waals surface area contributed by atoms with Crippen molar-refractivity contribution in [2.45, 2.75) is 6.54 Å². The number of fused-ring (bicyclic) bond motifs is 1. The number of nitrogens with zero attached hydrogens (tertiary/aromatic N) is 2. The first-order valence-corrected chi connectivity index (χ1v) is 3.35. The first-order valence-electron chi connectivity index (χ1n) is 3.35. The van der Waals surface area contributed by atoms with Gasteiger partial charge in [0.1, 0.15) is 0 Å². The van der Waals surface area contributed by atoms with Crippen molar-refractivity contribution in [2.24, 2.45) is 5.73 Å². The Morgan fingerprint density at radius 3 is 3.08 bits per heavy atom. The zero-order valence-electron chi connectivity index (χ0n) is 6.07. The van der Waals surface area contributed by atoms with E-state index in [1.165, 1.54) is 6.20 Å². The van der Waals surface area contributed by atoms with Gasteiger partial charge in [0.2, 0.25) is 0 Å². The predicted molar refractivity (Wildman–Crippen MR) is 38.4 cm³/mol. The Morgan fingerprint density at radius 2 is 2.50 bits per heavy atom. The lowest BCUT2D eigenvalue weighted by Gasteiger charge is -1.92. The van der Waals surface area contributed by atoms with Crippen LogP contribution in [0.15, 0.2) is 6.20 Å². The van der Waals surface area contributed by atoms with E-state index in [1.807, 2.05) is 0 Å². The normalized spacial score (nSPS) is 14.2. The van der Waals surface area contributed by atoms with E-state index < -0.39 is 6.03 Å². The molecule has 12 heavy (non-hydrogen) atoms. The van der Waals surface area contributed by atoms with Gasteiger partial charge in [0, 0.05) is 18.3 Å². The van der Waals surface area contributed by atoms with E-state index >= 15 is 0 Å². The lowest BCUT2D eigenvalue weighted by Crippen LogP contribution is -2.22. The van der Waals surface area contributed by atoms with E-state index in [-0.39, 0.29) is 11.6 Å². The maximum absolute atomic E-state index is 11.0. The molecule has 2 heterocycles. The summed E-state index contributed by atoms with van der Waals surface area (Å²) in [6.45, 7) is 0.418. The van der Waals surface area contributed by atoms with Crippen LogP contribution in [0.2, 0.25) is 0 Å². The average Bonchev–Trinajstić information content (AvgIpc) is 2.53. The Hall–Kier alpha value is -1.85. The zero-order valence-corrected chi connectivity index (χ0v) is 6.07. The second kappa shape index (κ2) is 2.07. The lowest BCUT2D eigenvalue weighted by molar-refractivity contribution is 0.0960. The topological polar surface area (TPSA) is 90.0 Å². The summed E-state index contributed by atoms with van der Waals surface area (Å²) < 4.78 is 0.962. The number of hydrogen-bond acceptors (Lipinski definition) is 3. The molecule has 2 rings (SSSR count). The van der Waals surface area contributed by atoms with Gasteiger partial charge in [-0.25, -0.2) is 4.79 Å². The molecule has 0 fully saturated rings. The Labute approximate surface area is 67.3 Å². The maximum atomic E-state index is 11.0. The summed E-state index contributed by atoms with van der Waals surface area (Å²) >= 11 is 0. The molecule has 1 aromatic rings. The number of nitrogens with two attached hydrogens (primary N) is 1. The van der Waals surface area contributed by atoms with Gasteiger partial charge in [-0.2, -0.15) is 9.78 Å². The van der Waals surface area contributed by atoms with Crippen molar-refractivity contribution in [1.82, 2.24) is 15.1 Å². The van der Waals surface area contributed by atoms with Crippen LogP contribution in [0.5, 0.6) is 0 Å². The van der Waals surface area contributed by atoms with Gasteiger partial charge in [-0.05, 0) is 0 Å². The Morgan fingerprint density at radius 1 is 1.75 bits per heavy atom. The van der Waals surface area contributed by atoms with Crippen molar-refractivity contribution in [3.8, 4) is 0 Å². The highest BCUT2D eigenvalue weighted by Gasteiger charge is 2.23. The van der Waals surface area contributed by atoms with Crippen LogP contribution >= 0.6 is 0 Å². The second-order valence-electron chi connectivity index (χ2n) is 2.47. The molecule has 1 aromatic heterocycles. The molecule has 6 heteroatoms. The number of carbonyl (C=O) groups excluding carboxylic acids is 2. The Bertz CT molecular complexity index is 368. The molecule has 0 aromatic carbocycles. The molecule has 62 valence electrons. The molecule has 1 aliphatic rings. The molecule has 1 aliphatic heterocycles. The quantitative estimate of drug-likeness (QED) is 0.520. The number of nitrogens with one attached hydrogen (secondary N) is 1. The van der Waals surface area contributed by atoms with Crippen LogP contribution in [0.4, 0.5) is 4.79 Å². The van der Waals surface area contributed by atoms with Crippen molar-refractivity contribution < 1.29 is 9.59 Å². The summed E-state index contributed by atoms with van der Waals surface area (Å²) in [5.41, 5.74) is 5.94. The van der Waals surface area contributed by atoms with E-state index in [1.54, 1.807) is 0 Å². The number of hydrogen-bond donors (Lipinski definition) is 2. The van der Waals surface area contributed by atoms with Crippen LogP contribution in [0.25, 0.3) is 0 Å². The third kappa shape index (κ3) is 0.777. The molecule has 0 bridgehead atoms. The third-order valence-corrected chi connectivity index (χ3v) is 1.67. The van der Waals surface area contributed by atoms with Gasteiger partial charge in [-0.15, -0.1) is 0 Å². The first-order chi connectivity index (χ1) is 5.68. The van der Waals surface area contributed by atoms with E-state index in [4.69, 9.17) is 5.73 Å². The van der Waals surface area contributed by atoms with Crippen LogP contribution in [0, 0.1) is 0 Å². The molecule has 0 radical (unpaired) electrons. The molecule has 0 saturated carbocycles. The second-order valence-corrected chi connectivity index (χ2v) is 2.47. The minimum absolute atomic E-state index is 0.259. The molecule has 6 nitrogen and oxygen atoms in total. The predicted octanol–water partition coefficient (Wildman–Crippen LogP) is -0.947. The highest BCUT2D eigenvalue weighted by molar-refractivity contribution is 5.96. The zero-order chi connectivity index (χ0) is 8.72. The number of primary amides is 1. The SMILES string of the molecule is NC(=O)n1cc2c(n1)C(=O)NC2. The minimum atomic E-state index is -0.683. The number of rotatable bonds is 0. The van der Waals surface area contributed by atoms with Gasteiger partial charge in [0.25, 0.3) is 5.91 Å². The fourth-order valence-corrected chi connectivity index (χ4v) is 1.10. The minimum Gasteiger partial charge on any atom is -0.350 e. The maximum Gasteiger partial charge on any atom is 0.339 e. The van der Waals surface area contributed by atoms with Gasteiger partial charge in [0.15, 0.2) is 5.69 Å². The van der Waals surface area contributed by atoms with Crippen molar-refractivity contribution in [1.29, 1.82) is 0 Å². The first kappa shape index (κ1) is 6.84. The summed E-state index contributed by atoms with van der Waals surface area (Å²) in [5.74, 6) is -0.259. The summed E-state index contributed by atoms with van der Waals surface area (Å²) in [6, 6.07) is -0.683. The number of aromatic nitrogens is 2. The Balaban J connectivity index is 2.49. The van der Waals surface area contributed by atoms with Crippen molar-refractivity contribution in [3.63, 3.8) is 0 Å². The molecule has 2 amide bonds.